The first-order chi connectivity index (χ1) is 9.59. The van der Waals surface area contributed by atoms with Crippen LogP contribution in [0.2, 0.25) is 0 Å². The molecule has 1 saturated heterocycles. The van der Waals surface area contributed by atoms with E-state index in [2.05, 4.69) is 15.2 Å². The molecule has 1 aliphatic rings. The van der Waals surface area contributed by atoms with Gasteiger partial charge in [-0.05, 0) is 25.9 Å². The lowest BCUT2D eigenvalue weighted by Crippen LogP contribution is -2.30. The summed E-state index contributed by atoms with van der Waals surface area (Å²) in [4.78, 5) is 4.68. The Morgan fingerprint density at radius 2 is 1.45 bits per heavy atom. The van der Waals surface area contributed by atoms with Crippen LogP contribution in [0.1, 0.15) is 25.7 Å². The number of rotatable bonds is 4. The molecule has 1 aromatic heterocycles. The van der Waals surface area contributed by atoms with Gasteiger partial charge in [-0.15, -0.1) is 0 Å². The maximum atomic E-state index is 13.4. The van der Waals surface area contributed by atoms with Gasteiger partial charge in [0.05, 0.1) is 0 Å². The van der Waals surface area contributed by atoms with Crippen molar-refractivity contribution in [2.75, 3.05) is 31.5 Å². The zero-order valence-corrected chi connectivity index (χ0v) is 11.1. The number of aromatic nitrogens is 1. The van der Waals surface area contributed by atoms with Gasteiger partial charge in [-0.3, -0.25) is 0 Å². The third kappa shape index (κ3) is 3.59. The second-order valence-electron chi connectivity index (χ2n) is 4.88. The maximum Gasteiger partial charge on any atom is 0.253 e. The van der Waals surface area contributed by atoms with Gasteiger partial charge < -0.3 is 10.2 Å². The van der Waals surface area contributed by atoms with Crippen molar-refractivity contribution in [3.05, 3.63) is 23.5 Å². The summed E-state index contributed by atoms with van der Waals surface area (Å²) >= 11 is 0. The Bertz CT molecular complexity index is 433. The molecule has 112 valence electrons. The van der Waals surface area contributed by atoms with E-state index in [0.29, 0.717) is 6.54 Å². The Kier molecular flexibility index (Phi) is 5.17. The Morgan fingerprint density at radius 3 is 2.00 bits per heavy atom. The standard InChI is InChI=1S/C13H17F4N3/c14-9-11(10(15)13(17)19-12(9)16)18-5-8-20-6-3-1-2-4-7-20/h1-8H2,(H,18,19). The van der Waals surface area contributed by atoms with Crippen molar-refractivity contribution in [1.82, 2.24) is 9.88 Å². The first-order valence-electron chi connectivity index (χ1n) is 6.76. The molecule has 0 saturated carbocycles. The molecule has 1 aliphatic heterocycles. The molecule has 0 radical (unpaired) electrons. The summed E-state index contributed by atoms with van der Waals surface area (Å²) in [5.41, 5.74) is -0.787. The number of hydrogen-bond acceptors (Lipinski definition) is 3. The molecule has 2 rings (SSSR count). The normalized spacial score (nSPS) is 17.0. The van der Waals surface area contributed by atoms with Gasteiger partial charge in [0, 0.05) is 13.1 Å². The van der Waals surface area contributed by atoms with Gasteiger partial charge in [0.25, 0.3) is 11.9 Å². The lowest BCUT2D eigenvalue weighted by Gasteiger charge is -2.20. The molecule has 1 N–H and O–H groups in total. The van der Waals surface area contributed by atoms with Gasteiger partial charge in [-0.2, -0.15) is 22.5 Å². The Morgan fingerprint density at radius 1 is 0.900 bits per heavy atom. The van der Waals surface area contributed by atoms with Crippen LogP contribution in [0.4, 0.5) is 23.2 Å². The molecule has 1 fully saturated rings. The number of hydrogen-bond donors (Lipinski definition) is 1. The summed E-state index contributed by atoms with van der Waals surface area (Å²) in [5, 5.41) is 2.42. The molecule has 2 heterocycles. The smallest absolute Gasteiger partial charge is 0.253 e. The van der Waals surface area contributed by atoms with E-state index in [1.807, 2.05) is 0 Å². The Labute approximate surface area is 115 Å². The maximum absolute atomic E-state index is 13.4. The molecule has 3 nitrogen and oxygen atoms in total. The zero-order valence-electron chi connectivity index (χ0n) is 11.1. The molecular formula is C13H17F4N3. The quantitative estimate of drug-likeness (QED) is 0.683. The third-order valence-corrected chi connectivity index (χ3v) is 3.43. The second-order valence-corrected chi connectivity index (χ2v) is 4.88. The van der Waals surface area contributed by atoms with E-state index in [4.69, 9.17) is 0 Å². The number of nitrogens with zero attached hydrogens (tertiary/aromatic N) is 2. The first kappa shape index (κ1) is 15.0. The predicted molar refractivity (Wildman–Crippen MR) is 67.5 cm³/mol. The molecule has 0 unspecified atom stereocenters. The van der Waals surface area contributed by atoms with Crippen LogP contribution in [0.5, 0.6) is 0 Å². The van der Waals surface area contributed by atoms with E-state index in [-0.39, 0.29) is 6.54 Å². The fraction of sp³-hybridized carbons (Fsp3) is 0.615. The van der Waals surface area contributed by atoms with Crippen LogP contribution in [0.25, 0.3) is 0 Å². The Hall–Kier alpha value is -1.37. The van der Waals surface area contributed by atoms with Crippen molar-refractivity contribution in [3.63, 3.8) is 0 Å². The number of nitrogens with one attached hydrogen (secondary N) is 1. The summed E-state index contributed by atoms with van der Waals surface area (Å²) in [6.07, 6.45) is 4.57. The van der Waals surface area contributed by atoms with E-state index in [1.54, 1.807) is 0 Å². The molecule has 0 atom stereocenters. The summed E-state index contributed by atoms with van der Waals surface area (Å²) in [6, 6.07) is 0. The van der Waals surface area contributed by atoms with Crippen LogP contribution in [-0.2, 0) is 0 Å². The van der Waals surface area contributed by atoms with E-state index in [1.165, 1.54) is 12.8 Å². The third-order valence-electron chi connectivity index (χ3n) is 3.43. The fourth-order valence-electron chi connectivity index (χ4n) is 2.34. The van der Waals surface area contributed by atoms with Crippen LogP contribution in [-0.4, -0.2) is 36.1 Å². The van der Waals surface area contributed by atoms with Crippen LogP contribution in [0.3, 0.4) is 0 Å². The number of pyridine rings is 1. The summed E-state index contributed by atoms with van der Waals surface area (Å²) in [6.45, 7) is 2.67. The van der Waals surface area contributed by atoms with Gasteiger partial charge in [0.2, 0.25) is 11.6 Å². The molecule has 0 spiro atoms. The highest BCUT2D eigenvalue weighted by atomic mass is 19.2. The van der Waals surface area contributed by atoms with Gasteiger partial charge in [-0.25, -0.2) is 0 Å². The minimum Gasteiger partial charge on any atom is -0.379 e. The van der Waals surface area contributed by atoms with Crippen LogP contribution in [0.15, 0.2) is 0 Å². The number of halogens is 4. The topological polar surface area (TPSA) is 28.2 Å². The zero-order chi connectivity index (χ0) is 14.5. The molecular weight excluding hydrogens is 274 g/mol. The monoisotopic (exact) mass is 291 g/mol. The molecule has 0 aliphatic carbocycles. The van der Waals surface area contributed by atoms with E-state index in [0.717, 1.165) is 25.9 Å². The van der Waals surface area contributed by atoms with E-state index in [9.17, 15) is 17.6 Å². The van der Waals surface area contributed by atoms with Crippen molar-refractivity contribution in [2.45, 2.75) is 25.7 Å². The van der Waals surface area contributed by atoms with Crippen molar-refractivity contribution in [3.8, 4) is 0 Å². The molecule has 20 heavy (non-hydrogen) atoms. The van der Waals surface area contributed by atoms with Gasteiger partial charge in [-0.1, -0.05) is 12.8 Å². The lowest BCUT2D eigenvalue weighted by molar-refractivity contribution is 0.295. The minimum absolute atomic E-state index is 0.219. The molecule has 1 aromatic rings. The summed E-state index contributed by atoms with van der Waals surface area (Å²) in [7, 11) is 0. The largest absolute Gasteiger partial charge is 0.379 e. The average Bonchev–Trinajstić information content (AvgIpc) is 2.69. The van der Waals surface area contributed by atoms with Crippen molar-refractivity contribution >= 4 is 5.69 Å². The van der Waals surface area contributed by atoms with Crippen LogP contribution < -0.4 is 5.32 Å². The van der Waals surface area contributed by atoms with E-state index >= 15 is 0 Å². The highest BCUT2D eigenvalue weighted by Gasteiger charge is 2.20. The second kappa shape index (κ2) is 6.88. The molecule has 0 bridgehead atoms. The van der Waals surface area contributed by atoms with Gasteiger partial charge >= 0.3 is 0 Å². The SMILES string of the molecule is Fc1nc(F)c(F)c(NCCN2CCCCCC2)c1F. The average molecular weight is 291 g/mol. The van der Waals surface area contributed by atoms with Gasteiger partial charge in [0.15, 0.2) is 0 Å². The highest BCUT2D eigenvalue weighted by molar-refractivity contribution is 5.45. The number of anilines is 1. The van der Waals surface area contributed by atoms with Crippen LogP contribution in [0, 0.1) is 23.5 Å². The lowest BCUT2D eigenvalue weighted by atomic mass is 10.2. The van der Waals surface area contributed by atoms with Crippen molar-refractivity contribution < 1.29 is 17.6 Å². The first-order valence-corrected chi connectivity index (χ1v) is 6.76. The van der Waals surface area contributed by atoms with Gasteiger partial charge in [0.1, 0.15) is 5.69 Å². The summed E-state index contributed by atoms with van der Waals surface area (Å²) in [5.74, 6) is -6.25. The number of likely N-dealkylation sites (tertiary alicyclic amines) is 1. The predicted octanol–water partition coefficient (Wildman–Crippen LogP) is 2.93. The van der Waals surface area contributed by atoms with Crippen LogP contribution >= 0.6 is 0 Å². The molecule has 0 amide bonds. The van der Waals surface area contributed by atoms with Crippen molar-refractivity contribution in [2.24, 2.45) is 0 Å². The molecule has 0 aromatic carbocycles. The summed E-state index contributed by atoms with van der Waals surface area (Å²) < 4.78 is 52.5. The fourth-order valence-corrected chi connectivity index (χ4v) is 2.34. The van der Waals surface area contributed by atoms with Crippen molar-refractivity contribution in [1.29, 1.82) is 0 Å². The molecule has 7 heteroatoms. The highest BCUT2D eigenvalue weighted by Crippen LogP contribution is 2.21. The minimum atomic E-state index is -1.64. The van der Waals surface area contributed by atoms with E-state index < -0.39 is 29.2 Å². The Balaban J connectivity index is 1.93.